The number of methoxy groups -OCH3 is 1. The van der Waals surface area contributed by atoms with E-state index in [0.717, 1.165) is 5.69 Å². The zero-order valence-electron chi connectivity index (χ0n) is 11.2. The molecule has 0 fully saturated rings. The number of aryl methyl sites for hydroxylation is 1. The van der Waals surface area contributed by atoms with Crippen LogP contribution in [0.1, 0.15) is 18.4 Å². The van der Waals surface area contributed by atoms with Crippen LogP contribution >= 0.6 is 0 Å². The first-order valence-electron chi connectivity index (χ1n) is 6.06. The third kappa shape index (κ3) is 4.37. The van der Waals surface area contributed by atoms with Gasteiger partial charge in [0.15, 0.2) is 0 Å². The van der Waals surface area contributed by atoms with Crippen molar-refractivity contribution in [3.8, 4) is 0 Å². The molecule has 4 heteroatoms. The molecule has 1 N–H and O–H groups in total. The molecule has 1 aromatic rings. The second-order valence-corrected chi connectivity index (χ2v) is 4.44. The van der Waals surface area contributed by atoms with Gasteiger partial charge < -0.3 is 14.7 Å². The molecule has 0 saturated heterocycles. The summed E-state index contributed by atoms with van der Waals surface area (Å²) in [6, 6.07) is 8.01. The van der Waals surface area contributed by atoms with E-state index in [9.17, 15) is 9.90 Å². The molecule has 18 heavy (non-hydrogen) atoms. The first kappa shape index (κ1) is 14.5. The van der Waals surface area contributed by atoms with Crippen molar-refractivity contribution in [3.63, 3.8) is 0 Å². The summed E-state index contributed by atoms with van der Waals surface area (Å²) in [4.78, 5) is 13.0. The molecule has 0 spiro atoms. The molecule has 0 aliphatic heterocycles. The van der Waals surface area contributed by atoms with E-state index in [1.165, 1.54) is 12.7 Å². The molecule has 100 valence electrons. The number of nitrogens with zero attached hydrogens (tertiary/aromatic N) is 1. The van der Waals surface area contributed by atoms with Crippen LogP contribution in [0.2, 0.25) is 0 Å². The summed E-state index contributed by atoms with van der Waals surface area (Å²) < 4.78 is 4.55. The molecule has 0 amide bonds. The van der Waals surface area contributed by atoms with Gasteiger partial charge in [0, 0.05) is 25.7 Å². The highest BCUT2D eigenvalue weighted by Gasteiger charge is 2.12. The topological polar surface area (TPSA) is 49.8 Å². The minimum atomic E-state index is -0.534. The van der Waals surface area contributed by atoms with E-state index in [1.54, 1.807) is 0 Å². The molecular formula is C14H21NO3. The number of benzene rings is 1. The van der Waals surface area contributed by atoms with Gasteiger partial charge in [-0.05, 0) is 25.0 Å². The monoisotopic (exact) mass is 251 g/mol. The Kier molecular flexibility index (Phi) is 5.65. The summed E-state index contributed by atoms with van der Waals surface area (Å²) in [5, 5.41) is 9.87. The predicted octanol–water partition coefficient (Wildman–Crippen LogP) is 1.75. The first-order valence-corrected chi connectivity index (χ1v) is 6.06. The lowest BCUT2D eigenvalue weighted by molar-refractivity contribution is -0.141. The lowest BCUT2D eigenvalue weighted by Crippen LogP contribution is -2.29. The maximum Gasteiger partial charge on any atom is 0.305 e. The Morgan fingerprint density at radius 2 is 2.11 bits per heavy atom. The number of aliphatic hydroxyl groups excluding tert-OH is 1. The van der Waals surface area contributed by atoms with E-state index < -0.39 is 6.10 Å². The second-order valence-electron chi connectivity index (χ2n) is 4.44. The minimum absolute atomic E-state index is 0.249. The number of aliphatic hydroxyl groups is 1. The van der Waals surface area contributed by atoms with Crippen LogP contribution in [0.15, 0.2) is 24.3 Å². The lowest BCUT2D eigenvalue weighted by Gasteiger charge is -2.24. The SMILES string of the molecule is COC(=O)CCC(O)CN(C)c1ccccc1C. The van der Waals surface area contributed by atoms with Crippen LogP contribution in [0.5, 0.6) is 0 Å². The standard InChI is InChI=1S/C14H21NO3/c1-11-6-4-5-7-13(11)15(2)10-12(16)8-9-14(17)18-3/h4-7,12,16H,8-10H2,1-3H3. The van der Waals surface area contributed by atoms with E-state index in [4.69, 9.17) is 0 Å². The van der Waals surface area contributed by atoms with Gasteiger partial charge in [0.25, 0.3) is 0 Å². The van der Waals surface area contributed by atoms with Crippen LogP contribution in [0.25, 0.3) is 0 Å². The fourth-order valence-electron chi connectivity index (χ4n) is 1.88. The van der Waals surface area contributed by atoms with Gasteiger partial charge in [-0.25, -0.2) is 0 Å². The van der Waals surface area contributed by atoms with Gasteiger partial charge in [0.1, 0.15) is 0 Å². The average Bonchev–Trinajstić information content (AvgIpc) is 2.36. The van der Waals surface area contributed by atoms with Crippen molar-refractivity contribution in [2.45, 2.75) is 25.9 Å². The molecule has 0 saturated carbocycles. The third-order valence-corrected chi connectivity index (χ3v) is 2.92. The molecule has 0 aliphatic rings. The van der Waals surface area contributed by atoms with E-state index >= 15 is 0 Å². The van der Waals surface area contributed by atoms with E-state index in [2.05, 4.69) is 4.74 Å². The van der Waals surface area contributed by atoms with Crippen molar-refractivity contribution in [1.82, 2.24) is 0 Å². The highest BCUT2D eigenvalue weighted by Crippen LogP contribution is 2.18. The molecule has 1 aromatic carbocycles. The molecule has 4 nitrogen and oxygen atoms in total. The Balaban J connectivity index is 2.47. The van der Waals surface area contributed by atoms with Gasteiger partial charge in [-0.3, -0.25) is 4.79 Å². The maximum absolute atomic E-state index is 11.0. The molecule has 0 aliphatic carbocycles. The van der Waals surface area contributed by atoms with Crippen molar-refractivity contribution in [3.05, 3.63) is 29.8 Å². The van der Waals surface area contributed by atoms with Gasteiger partial charge in [-0.1, -0.05) is 18.2 Å². The molecule has 0 radical (unpaired) electrons. The van der Waals surface area contributed by atoms with Crippen molar-refractivity contribution in [2.24, 2.45) is 0 Å². The summed E-state index contributed by atoms with van der Waals surface area (Å²) in [6.45, 7) is 2.54. The Labute approximate surface area is 108 Å². The van der Waals surface area contributed by atoms with Crippen LogP contribution in [-0.2, 0) is 9.53 Å². The van der Waals surface area contributed by atoms with E-state index in [1.807, 2.05) is 43.1 Å². The van der Waals surface area contributed by atoms with Crippen molar-refractivity contribution < 1.29 is 14.6 Å². The molecule has 1 unspecified atom stereocenters. The molecule has 0 aromatic heterocycles. The van der Waals surface area contributed by atoms with Gasteiger partial charge in [0.05, 0.1) is 13.2 Å². The molecular weight excluding hydrogens is 230 g/mol. The quantitative estimate of drug-likeness (QED) is 0.782. The number of hydrogen-bond donors (Lipinski definition) is 1. The number of ether oxygens (including phenoxy) is 1. The fourth-order valence-corrected chi connectivity index (χ4v) is 1.88. The molecule has 1 atom stereocenters. The molecule has 1 rings (SSSR count). The molecule has 0 bridgehead atoms. The number of carbonyl (C=O) groups is 1. The highest BCUT2D eigenvalue weighted by atomic mass is 16.5. The lowest BCUT2D eigenvalue weighted by atomic mass is 10.1. The second kappa shape index (κ2) is 7.01. The van der Waals surface area contributed by atoms with Crippen LogP contribution in [0, 0.1) is 6.92 Å². The summed E-state index contributed by atoms with van der Waals surface area (Å²) in [5.41, 5.74) is 2.26. The van der Waals surface area contributed by atoms with Crippen LogP contribution in [-0.4, -0.2) is 37.9 Å². The first-order chi connectivity index (χ1) is 8.54. The Morgan fingerprint density at radius 1 is 1.44 bits per heavy atom. The van der Waals surface area contributed by atoms with Crippen molar-refractivity contribution >= 4 is 11.7 Å². The third-order valence-electron chi connectivity index (χ3n) is 2.92. The number of carbonyl (C=O) groups excluding carboxylic acids is 1. The highest BCUT2D eigenvalue weighted by molar-refractivity contribution is 5.69. The van der Waals surface area contributed by atoms with Crippen molar-refractivity contribution in [2.75, 3.05) is 25.6 Å². The number of para-hydroxylation sites is 1. The Bertz CT molecular complexity index is 392. The number of esters is 1. The number of anilines is 1. The fraction of sp³-hybridized carbons (Fsp3) is 0.500. The van der Waals surface area contributed by atoms with Gasteiger partial charge in [-0.15, -0.1) is 0 Å². The Morgan fingerprint density at radius 3 is 2.72 bits per heavy atom. The van der Waals surface area contributed by atoms with Gasteiger partial charge >= 0.3 is 5.97 Å². The van der Waals surface area contributed by atoms with Crippen LogP contribution in [0.4, 0.5) is 5.69 Å². The largest absolute Gasteiger partial charge is 0.469 e. The Hall–Kier alpha value is -1.55. The maximum atomic E-state index is 11.0. The van der Waals surface area contributed by atoms with Gasteiger partial charge in [-0.2, -0.15) is 0 Å². The summed E-state index contributed by atoms with van der Waals surface area (Å²) >= 11 is 0. The van der Waals surface area contributed by atoms with Crippen molar-refractivity contribution in [1.29, 1.82) is 0 Å². The smallest absolute Gasteiger partial charge is 0.305 e. The van der Waals surface area contributed by atoms with Gasteiger partial charge in [0.2, 0.25) is 0 Å². The zero-order chi connectivity index (χ0) is 13.5. The minimum Gasteiger partial charge on any atom is -0.469 e. The normalized spacial score (nSPS) is 12.0. The molecule has 0 heterocycles. The summed E-state index contributed by atoms with van der Waals surface area (Å²) in [5.74, 6) is -0.285. The average molecular weight is 251 g/mol. The van der Waals surface area contributed by atoms with E-state index in [-0.39, 0.29) is 12.4 Å². The predicted molar refractivity (Wildman–Crippen MR) is 71.7 cm³/mol. The van der Waals surface area contributed by atoms with Crippen LogP contribution < -0.4 is 4.90 Å². The van der Waals surface area contributed by atoms with Crippen LogP contribution in [0.3, 0.4) is 0 Å². The number of likely N-dealkylation sites (N-methyl/N-ethyl adjacent to an activating group) is 1. The van der Waals surface area contributed by atoms with E-state index in [0.29, 0.717) is 13.0 Å². The zero-order valence-corrected chi connectivity index (χ0v) is 11.2. The summed E-state index contributed by atoms with van der Waals surface area (Å²) in [7, 11) is 3.29. The summed E-state index contributed by atoms with van der Waals surface area (Å²) in [6.07, 6.45) is 0.135. The number of hydrogen-bond acceptors (Lipinski definition) is 4. The number of rotatable bonds is 6.